The van der Waals surface area contributed by atoms with Gasteiger partial charge in [0.2, 0.25) is 10.0 Å². The van der Waals surface area contributed by atoms with Crippen molar-refractivity contribution in [1.29, 1.82) is 0 Å². The maximum Gasteiger partial charge on any atom is 0.267 e. The van der Waals surface area contributed by atoms with E-state index >= 15 is 0 Å². The third-order valence-electron chi connectivity index (χ3n) is 7.54. The monoisotopic (exact) mass is 644 g/mol. The van der Waals surface area contributed by atoms with Crippen LogP contribution < -0.4 is 9.46 Å². The van der Waals surface area contributed by atoms with E-state index in [1.165, 1.54) is 42.2 Å². The van der Waals surface area contributed by atoms with Crippen molar-refractivity contribution >= 4 is 31.6 Å². The number of likely N-dealkylation sites (N-methyl/N-ethyl adjacent to an activating group) is 1. The Kier molecular flexibility index (Phi) is 11.6. The number of ether oxygens (including phenoxy) is 2. The van der Waals surface area contributed by atoms with Crippen molar-refractivity contribution in [1.82, 2.24) is 14.4 Å². The first kappa shape index (κ1) is 34.8. The Labute approximate surface area is 254 Å². The highest BCUT2D eigenvalue weighted by Crippen LogP contribution is 2.30. The number of hydrogen-bond donors (Lipinski definition) is 2. The van der Waals surface area contributed by atoms with E-state index in [9.17, 15) is 26.7 Å². The minimum Gasteiger partial charge on any atom is -0.490 e. The van der Waals surface area contributed by atoms with Crippen molar-refractivity contribution in [2.75, 3.05) is 44.3 Å². The van der Waals surface area contributed by atoms with Gasteiger partial charge < -0.3 is 24.0 Å². The van der Waals surface area contributed by atoms with Crippen molar-refractivity contribution in [3.63, 3.8) is 0 Å². The molecule has 43 heavy (non-hydrogen) atoms. The molecule has 0 fully saturated rings. The Morgan fingerprint density at radius 2 is 1.88 bits per heavy atom. The van der Waals surface area contributed by atoms with Gasteiger partial charge in [-0.3, -0.25) is 9.52 Å². The largest absolute Gasteiger partial charge is 0.490 e. The highest BCUT2D eigenvalue weighted by Gasteiger charge is 2.32. The Balaban J connectivity index is 2.04. The highest BCUT2D eigenvalue weighted by molar-refractivity contribution is 7.92. The average molecular weight is 645 g/mol. The third kappa shape index (κ3) is 8.91. The number of sulfonamides is 2. The summed E-state index contributed by atoms with van der Waals surface area (Å²) in [5.74, 6) is -0.398. The molecule has 1 aliphatic heterocycles. The molecule has 242 valence electrons. The second-order valence-electron chi connectivity index (χ2n) is 11.3. The molecule has 0 aliphatic carbocycles. The van der Waals surface area contributed by atoms with E-state index in [1.807, 2.05) is 13.8 Å². The first-order chi connectivity index (χ1) is 20.0. The van der Waals surface area contributed by atoms with Crippen LogP contribution in [0.25, 0.3) is 0 Å². The van der Waals surface area contributed by atoms with E-state index in [-0.39, 0.29) is 65.1 Å². The molecule has 0 radical (unpaired) electrons. The second-order valence-corrected chi connectivity index (χ2v) is 15.0. The van der Waals surface area contributed by atoms with E-state index in [0.717, 1.165) is 19.1 Å². The topological polar surface area (TPSA) is 169 Å². The lowest BCUT2D eigenvalue weighted by Crippen LogP contribution is -2.47. The van der Waals surface area contributed by atoms with Crippen LogP contribution in [-0.2, 0) is 24.8 Å². The lowest BCUT2D eigenvalue weighted by molar-refractivity contribution is -0.00828. The number of rotatable bonds is 8. The van der Waals surface area contributed by atoms with Crippen LogP contribution >= 0.6 is 0 Å². The van der Waals surface area contributed by atoms with Crippen LogP contribution in [0.2, 0.25) is 0 Å². The lowest BCUT2D eigenvalue weighted by atomic mass is 10.0. The fourth-order valence-electron chi connectivity index (χ4n) is 4.90. The van der Waals surface area contributed by atoms with Gasteiger partial charge in [-0.1, -0.05) is 12.1 Å². The minimum absolute atomic E-state index is 0.0850. The number of nitrogens with one attached hydrogen (secondary N) is 1. The van der Waals surface area contributed by atoms with Crippen LogP contribution in [0.1, 0.15) is 61.8 Å². The molecule has 1 aliphatic rings. The van der Waals surface area contributed by atoms with Crippen LogP contribution in [0.5, 0.6) is 5.75 Å². The van der Waals surface area contributed by atoms with Gasteiger partial charge in [0.15, 0.2) is 10.7 Å². The third-order valence-corrected chi connectivity index (χ3v) is 10.4. The van der Waals surface area contributed by atoms with Gasteiger partial charge >= 0.3 is 0 Å². The van der Waals surface area contributed by atoms with Gasteiger partial charge in [0.25, 0.3) is 15.9 Å². The number of aromatic nitrogens is 1. The van der Waals surface area contributed by atoms with Crippen LogP contribution in [0, 0.1) is 19.8 Å². The van der Waals surface area contributed by atoms with Gasteiger partial charge in [-0.15, -0.1) is 0 Å². The van der Waals surface area contributed by atoms with E-state index < -0.39 is 38.1 Å². The number of anilines is 1. The number of amides is 1. The van der Waals surface area contributed by atoms with Crippen molar-refractivity contribution in [3.8, 4) is 5.75 Å². The van der Waals surface area contributed by atoms with Gasteiger partial charge in [0.05, 0.1) is 36.7 Å². The SMILES string of the molecule is Cc1noc(C)c1S(=O)(=O)Nc1ccc2c(c1)C(=O)N([C@H](C)CO)C[C@@H](C)[C@@H](CN(C)S(C)(=O)=O)OCCCC[C@H](C)O2. The van der Waals surface area contributed by atoms with Gasteiger partial charge in [-0.25, -0.2) is 21.1 Å². The van der Waals surface area contributed by atoms with Crippen LogP contribution in [-0.4, -0.2) is 100 Å². The number of hydrogen-bond acceptors (Lipinski definition) is 10. The van der Waals surface area contributed by atoms with Crippen molar-refractivity contribution in [2.45, 2.75) is 77.0 Å². The zero-order valence-electron chi connectivity index (χ0n) is 25.9. The maximum atomic E-state index is 14.2. The zero-order chi connectivity index (χ0) is 32.1. The number of fused-ring (bicyclic) bond motifs is 1. The molecule has 4 atom stereocenters. The highest BCUT2D eigenvalue weighted by atomic mass is 32.2. The van der Waals surface area contributed by atoms with Crippen LogP contribution in [0.3, 0.4) is 0 Å². The zero-order valence-corrected chi connectivity index (χ0v) is 27.5. The van der Waals surface area contributed by atoms with Gasteiger partial charge in [0, 0.05) is 38.3 Å². The number of carbonyl (C=O) groups is 1. The molecule has 1 aromatic carbocycles. The first-order valence-electron chi connectivity index (χ1n) is 14.3. The van der Waals surface area contributed by atoms with Crippen molar-refractivity contribution < 1.29 is 40.7 Å². The Morgan fingerprint density at radius 1 is 1.19 bits per heavy atom. The fraction of sp³-hybridized carbons (Fsp3) is 0.643. The first-order valence-corrected chi connectivity index (χ1v) is 17.6. The quantitative estimate of drug-likeness (QED) is 0.436. The van der Waals surface area contributed by atoms with Crippen LogP contribution in [0.15, 0.2) is 27.6 Å². The van der Waals surface area contributed by atoms with Crippen molar-refractivity contribution in [2.24, 2.45) is 5.92 Å². The molecule has 2 N–H and O–H groups in total. The summed E-state index contributed by atoms with van der Waals surface area (Å²) < 4.78 is 71.8. The van der Waals surface area contributed by atoms with Gasteiger partial charge in [0.1, 0.15) is 11.4 Å². The Bertz CT molecular complexity index is 1460. The normalized spacial score (nSPS) is 22.0. The van der Waals surface area contributed by atoms with E-state index in [1.54, 1.807) is 13.0 Å². The predicted molar refractivity (Wildman–Crippen MR) is 161 cm³/mol. The molecule has 0 bridgehead atoms. The summed E-state index contributed by atoms with van der Waals surface area (Å²) in [6, 6.07) is 3.87. The molecule has 1 aromatic heterocycles. The number of aliphatic hydroxyl groups excluding tert-OH is 1. The number of aliphatic hydroxyl groups is 1. The molecule has 3 rings (SSSR count). The Morgan fingerprint density at radius 3 is 2.49 bits per heavy atom. The smallest absolute Gasteiger partial charge is 0.267 e. The molecule has 13 nitrogen and oxygen atoms in total. The summed E-state index contributed by atoms with van der Waals surface area (Å²) in [5.41, 5.74) is 0.443. The minimum atomic E-state index is -4.09. The van der Waals surface area contributed by atoms with E-state index in [4.69, 9.17) is 14.0 Å². The van der Waals surface area contributed by atoms with Gasteiger partial charge in [-0.05, 0) is 65.2 Å². The summed E-state index contributed by atoms with van der Waals surface area (Å²) in [4.78, 5) is 15.6. The molecule has 0 spiro atoms. The van der Waals surface area contributed by atoms with E-state index in [2.05, 4.69) is 9.88 Å². The lowest BCUT2D eigenvalue weighted by Gasteiger charge is -2.35. The second kappa shape index (κ2) is 14.4. The van der Waals surface area contributed by atoms with Gasteiger partial charge in [-0.2, -0.15) is 0 Å². The predicted octanol–water partition coefficient (Wildman–Crippen LogP) is 2.78. The number of benzene rings is 1. The Hall–Kier alpha value is -2.72. The van der Waals surface area contributed by atoms with Crippen molar-refractivity contribution in [3.05, 3.63) is 35.2 Å². The van der Waals surface area contributed by atoms with E-state index in [0.29, 0.717) is 13.0 Å². The number of aryl methyl sites for hydroxylation is 2. The average Bonchev–Trinajstić information content (AvgIpc) is 3.27. The number of nitrogens with zero attached hydrogens (tertiary/aromatic N) is 3. The molecule has 15 heteroatoms. The summed E-state index contributed by atoms with van der Waals surface area (Å²) in [7, 11) is -6.08. The summed E-state index contributed by atoms with van der Waals surface area (Å²) >= 11 is 0. The van der Waals surface area contributed by atoms with Crippen LogP contribution in [0.4, 0.5) is 5.69 Å². The molecular weight excluding hydrogens is 600 g/mol. The molecule has 2 heterocycles. The molecule has 0 saturated heterocycles. The maximum absolute atomic E-state index is 14.2. The molecule has 0 saturated carbocycles. The summed E-state index contributed by atoms with van der Waals surface area (Å²) in [6.07, 6.45) is 2.50. The summed E-state index contributed by atoms with van der Waals surface area (Å²) in [6.45, 7) is 8.77. The summed E-state index contributed by atoms with van der Waals surface area (Å²) in [5, 5.41) is 13.8. The molecular formula is C28H44N4O9S2. The standard InChI is InChI=1S/C28H44N4O9S2/c1-18-15-32(19(2)17-33)28(34)24-14-23(30-43(37,38)27-21(4)29-41-22(27)5)11-12-25(24)40-20(3)10-8-9-13-39-26(18)16-31(6)42(7,35)36/h11-12,14,18-20,26,30,33H,8-10,13,15-17H2,1-7H3/t18-,19-,20+,26-/m1/s1. The molecule has 1 amide bonds. The fourth-order valence-corrected chi connectivity index (χ4v) is 6.70. The molecule has 0 unspecified atom stereocenters. The number of carbonyl (C=O) groups excluding carboxylic acids is 1. The molecule has 2 aromatic rings.